The molecule has 0 aliphatic heterocycles. The van der Waals surface area contributed by atoms with E-state index in [2.05, 4.69) is 18.2 Å². The van der Waals surface area contributed by atoms with E-state index in [9.17, 15) is 20.4 Å². The summed E-state index contributed by atoms with van der Waals surface area (Å²) >= 11 is 0. The highest BCUT2D eigenvalue weighted by Crippen LogP contribution is 2.58. The molecule has 0 bridgehead atoms. The number of fused-ring (bicyclic) bond motifs is 1. The Bertz CT molecular complexity index is 1240. The predicted molar refractivity (Wildman–Crippen MR) is 144 cm³/mol. The minimum Gasteiger partial charge on any atom is -0.508 e. The van der Waals surface area contributed by atoms with Crippen LogP contribution in [0, 0.1) is 32.1 Å². The predicted octanol–water partition coefficient (Wildman–Crippen LogP) is 7.05. The molecule has 36 heavy (non-hydrogen) atoms. The zero-order valence-electron chi connectivity index (χ0n) is 21.6. The third kappa shape index (κ3) is 4.37. The molecule has 4 atom stereocenters. The highest BCUT2D eigenvalue weighted by atomic mass is 16.3. The van der Waals surface area contributed by atoms with E-state index in [1.807, 2.05) is 39.0 Å². The van der Waals surface area contributed by atoms with E-state index >= 15 is 0 Å². The fourth-order valence-electron chi connectivity index (χ4n) is 7.09. The standard InChI is InChI=1S/C32H38O4/c1-19-14-25(15-20(2)30(19)35)23-10-12-32(27(18-23)6-9-29(32)34)13-11-24-17-26(16-21(3)31(24)36)22-4-7-28(33)8-5-22/h4-5,7-8,14-17,23,27,29,33-36H,6,9-13,18H2,1-3H3/t23?,27-,29+,32-/m1/s1. The number of rotatable bonds is 5. The van der Waals surface area contributed by atoms with Gasteiger partial charge in [-0.05, 0) is 146 Å². The van der Waals surface area contributed by atoms with Gasteiger partial charge in [0.1, 0.15) is 17.2 Å². The smallest absolute Gasteiger partial charge is 0.121 e. The molecule has 2 aliphatic carbocycles. The van der Waals surface area contributed by atoms with E-state index in [-0.39, 0.29) is 17.3 Å². The average molecular weight is 487 g/mol. The molecular weight excluding hydrogens is 448 g/mol. The first-order valence-corrected chi connectivity index (χ1v) is 13.3. The van der Waals surface area contributed by atoms with Gasteiger partial charge in [0.05, 0.1) is 6.10 Å². The van der Waals surface area contributed by atoms with Crippen molar-refractivity contribution in [2.75, 3.05) is 0 Å². The highest BCUT2D eigenvalue weighted by Gasteiger charge is 2.51. The van der Waals surface area contributed by atoms with Crippen LogP contribution in [-0.2, 0) is 6.42 Å². The van der Waals surface area contributed by atoms with Crippen molar-refractivity contribution in [2.45, 2.75) is 77.7 Å². The van der Waals surface area contributed by atoms with Crippen LogP contribution in [0.1, 0.15) is 72.3 Å². The first-order chi connectivity index (χ1) is 17.2. The molecule has 4 heteroatoms. The summed E-state index contributed by atoms with van der Waals surface area (Å²) in [6.07, 6.45) is 6.29. The molecule has 0 amide bonds. The maximum atomic E-state index is 11.2. The Morgan fingerprint density at radius 1 is 0.778 bits per heavy atom. The molecule has 190 valence electrons. The van der Waals surface area contributed by atoms with Gasteiger partial charge in [-0.3, -0.25) is 0 Å². The van der Waals surface area contributed by atoms with Crippen molar-refractivity contribution in [3.8, 4) is 28.4 Å². The minimum atomic E-state index is -0.296. The Morgan fingerprint density at radius 3 is 2.14 bits per heavy atom. The largest absolute Gasteiger partial charge is 0.508 e. The molecule has 1 unspecified atom stereocenters. The van der Waals surface area contributed by atoms with Crippen molar-refractivity contribution in [1.29, 1.82) is 0 Å². The molecule has 3 aromatic carbocycles. The molecule has 4 N–H and O–H groups in total. The summed E-state index contributed by atoms with van der Waals surface area (Å²) in [4.78, 5) is 0. The van der Waals surface area contributed by atoms with Gasteiger partial charge < -0.3 is 20.4 Å². The van der Waals surface area contributed by atoms with E-state index in [0.717, 1.165) is 78.3 Å². The molecule has 0 radical (unpaired) electrons. The molecule has 2 aliphatic rings. The summed E-state index contributed by atoms with van der Waals surface area (Å²) in [5, 5.41) is 42.0. The molecule has 3 aromatic rings. The van der Waals surface area contributed by atoms with Crippen molar-refractivity contribution < 1.29 is 20.4 Å². The molecule has 0 heterocycles. The molecule has 0 saturated heterocycles. The van der Waals surface area contributed by atoms with Crippen molar-refractivity contribution >= 4 is 0 Å². The number of hydrogen-bond acceptors (Lipinski definition) is 4. The van der Waals surface area contributed by atoms with Gasteiger partial charge in [-0.25, -0.2) is 0 Å². The third-order valence-corrected chi connectivity index (χ3v) is 9.22. The minimum absolute atomic E-state index is 0.105. The van der Waals surface area contributed by atoms with E-state index < -0.39 is 0 Å². The van der Waals surface area contributed by atoms with Crippen molar-refractivity contribution in [3.05, 3.63) is 76.3 Å². The van der Waals surface area contributed by atoms with Gasteiger partial charge in [-0.1, -0.05) is 24.3 Å². The Kier molecular flexibility index (Phi) is 6.50. The van der Waals surface area contributed by atoms with Crippen LogP contribution >= 0.6 is 0 Å². The average Bonchev–Trinajstić information content (AvgIpc) is 3.19. The first-order valence-electron chi connectivity index (χ1n) is 13.3. The second kappa shape index (κ2) is 9.48. The highest BCUT2D eigenvalue weighted by molar-refractivity contribution is 5.68. The summed E-state index contributed by atoms with van der Waals surface area (Å²) in [5.74, 6) is 1.90. The van der Waals surface area contributed by atoms with Crippen molar-refractivity contribution in [1.82, 2.24) is 0 Å². The van der Waals surface area contributed by atoms with Gasteiger partial charge in [0.25, 0.3) is 0 Å². The van der Waals surface area contributed by atoms with Crippen LogP contribution in [0.2, 0.25) is 0 Å². The van der Waals surface area contributed by atoms with E-state index in [1.165, 1.54) is 5.56 Å². The number of aromatic hydroxyl groups is 3. The van der Waals surface area contributed by atoms with Gasteiger partial charge >= 0.3 is 0 Å². The van der Waals surface area contributed by atoms with Crippen LogP contribution in [0.5, 0.6) is 17.2 Å². The molecule has 2 saturated carbocycles. The van der Waals surface area contributed by atoms with Crippen molar-refractivity contribution in [3.63, 3.8) is 0 Å². The zero-order valence-corrected chi connectivity index (χ0v) is 21.6. The van der Waals surface area contributed by atoms with Crippen LogP contribution in [-0.4, -0.2) is 26.5 Å². The first kappa shape index (κ1) is 24.7. The number of benzene rings is 3. The quantitative estimate of drug-likeness (QED) is 0.311. The van der Waals surface area contributed by atoms with E-state index in [4.69, 9.17) is 0 Å². The van der Waals surface area contributed by atoms with E-state index in [0.29, 0.717) is 23.3 Å². The normalized spacial score (nSPS) is 25.6. The number of hydrogen-bond donors (Lipinski definition) is 4. The molecular formula is C32H38O4. The molecule has 0 spiro atoms. The lowest BCUT2D eigenvalue weighted by atomic mass is 9.60. The van der Waals surface area contributed by atoms with Crippen LogP contribution in [0.4, 0.5) is 0 Å². The Morgan fingerprint density at radius 2 is 1.44 bits per heavy atom. The Hall–Kier alpha value is -2.98. The molecule has 2 fully saturated rings. The van der Waals surface area contributed by atoms with Gasteiger partial charge in [-0.15, -0.1) is 0 Å². The van der Waals surface area contributed by atoms with Crippen LogP contribution in [0.25, 0.3) is 11.1 Å². The topological polar surface area (TPSA) is 80.9 Å². The SMILES string of the molecule is Cc1cc(C2CC[C@@]3(CCc4cc(-c5ccc(O)cc5)cc(C)c4O)[C@H](CC[C@@H]3O)C2)cc(C)c1O. The van der Waals surface area contributed by atoms with Gasteiger partial charge in [0.2, 0.25) is 0 Å². The number of phenolic OH excluding ortho intramolecular Hbond substituents is 3. The molecule has 5 rings (SSSR count). The van der Waals surface area contributed by atoms with Crippen LogP contribution in [0.15, 0.2) is 48.5 Å². The number of aliphatic hydroxyl groups is 1. The van der Waals surface area contributed by atoms with Gasteiger partial charge in [-0.2, -0.15) is 0 Å². The summed E-state index contributed by atoms with van der Waals surface area (Å²) in [6.45, 7) is 5.87. The lowest BCUT2D eigenvalue weighted by Gasteiger charge is -2.45. The fraction of sp³-hybridized carbons (Fsp3) is 0.438. The van der Waals surface area contributed by atoms with Gasteiger partial charge in [0, 0.05) is 0 Å². The summed E-state index contributed by atoms with van der Waals surface area (Å²) in [5.41, 5.74) is 6.90. The van der Waals surface area contributed by atoms with Crippen LogP contribution in [0.3, 0.4) is 0 Å². The van der Waals surface area contributed by atoms with Crippen LogP contribution < -0.4 is 0 Å². The zero-order chi connectivity index (χ0) is 25.6. The lowest BCUT2D eigenvalue weighted by molar-refractivity contribution is -0.0133. The summed E-state index contributed by atoms with van der Waals surface area (Å²) in [7, 11) is 0. The number of phenols is 3. The number of aliphatic hydroxyl groups excluding tert-OH is 1. The maximum Gasteiger partial charge on any atom is 0.121 e. The summed E-state index contributed by atoms with van der Waals surface area (Å²) in [6, 6.07) is 15.5. The number of aryl methyl sites for hydroxylation is 4. The second-order valence-corrected chi connectivity index (χ2v) is 11.3. The lowest BCUT2D eigenvalue weighted by Crippen LogP contribution is -2.40. The van der Waals surface area contributed by atoms with Gasteiger partial charge in [0.15, 0.2) is 0 Å². The third-order valence-electron chi connectivity index (χ3n) is 9.22. The molecule has 4 nitrogen and oxygen atoms in total. The fourth-order valence-corrected chi connectivity index (χ4v) is 7.09. The monoisotopic (exact) mass is 486 g/mol. The Balaban J connectivity index is 1.37. The van der Waals surface area contributed by atoms with Crippen molar-refractivity contribution in [2.24, 2.45) is 11.3 Å². The Labute approximate surface area is 214 Å². The van der Waals surface area contributed by atoms with E-state index in [1.54, 1.807) is 12.1 Å². The maximum absolute atomic E-state index is 11.2. The summed E-state index contributed by atoms with van der Waals surface area (Å²) < 4.78 is 0. The second-order valence-electron chi connectivity index (χ2n) is 11.3. The molecule has 0 aromatic heterocycles.